The number of nitrogens with zero attached hydrogens (tertiary/aromatic N) is 2. The second-order valence-electron chi connectivity index (χ2n) is 8.03. The number of anilines is 1. The van der Waals surface area contributed by atoms with E-state index in [1.807, 2.05) is 54.6 Å². The van der Waals surface area contributed by atoms with Crippen molar-refractivity contribution in [2.45, 2.75) is 11.4 Å². The van der Waals surface area contributed by atoms with Crippen LogP contribution in [0.3, 0.4) is 0 Å². The first-order chi connectivity index (χ1) is 17.3. The van der Waals surface area contributed by atoms with Gasteiger partial charge in [0.2, 0.25) is 5.76 Å². The van der Waals surface area contributed by atoms with Gasteiger partial charge in [-0.2, -0.15) is 0 Å². The highest BCUT2D eigenvalue weighted by Crippen LogP contribution is 2.31. The Labute approximate surface area is 212 Å². The number of sulfonamides is 1. The van der Waals surface area contributed by atoms with Crippen molar-refractivity contribution in [3.8, 4) is 11.1 Å². The molecule has 9 heteroatoms. The summed E-state index contributed by atoms with van der Waals surface area (Å²) in [6.07, 6.45) is 1.21. The summed E-state index contributed by atoms with van der Waals surface area (Å²) >= 11 is 5.87. The SMILES string of the molecule is O=C(O)c1cc2cc(N(Cc3ccc(-c4ccccc4)cc3)S(=O)(=O)c3ccc(Cl)nc3)ccc2o1. The first kappa shape index (κ1) is 23.6. The van der Waals surface area contributed by atoms with E-state index in [-0.39, 0.29) is 22.4 Å². The highest BCUT2D eigenvalue weighted by Gasteiger charge is 2.26. The van der Waals surface area contributed by atoms with Crippen molar-refractivity contribution in [1.82, 2.24) is 4.98 Å². The zero-order valence-corrected chi connectivity index (χ0v) is 20.3. The van der Waals surface area contributed by atoms with Crippen LogP contribution in [0.5, 0.6) is 0 Å². The first-order valence-electron chi connectivity index (χ1n) is 10.9. The lowest BCUT2D eigenvalue weighted by molar-refractivity contribution is 0.0665. The van der Waals surface area contributed by atoms with Crippen molar-refractivity contribution < 1.29 is 22.7 Å². The van der Waals surface area contributed by atoms with E-state index in [0.717, 1.165) is 16.7 Å². The molecule has 0 fully saturated rings. The Morgan fingerprint density at radius 2 is 1.64 bits per heavy atom. The Balaban J connectivity index is 1.56. The predicted octanol–water partition coefficient (Wildman–Crippen LogP) is 6.24. The Morgan fingerprint density at radius 1 is 0.917 bits per heavy atom. The van der Waals surface area contributed by atoms with Gasteiger partial charge in [0.05, 0.1) is 12.2 Å². The van der Waals surface area contributed by atoms with Crippen LogP contribution in [-0.4, -0.2) is 24.5 Å². The number of hydrogen-bond donors (Lipinski definition) is 1. The van der Waals surface area contributed by atoms with Crippen LogP contribution in [0.15, 0.2) is 107 Å². The summed E-state index contributed by atoms with van der Waals surface area (Å²) in [5.41, 5.74) is 3.52. The molecule has 0 aliphatic carbocycles. The molecule has 0 saturated heterocycles. The third-order valence-electron chi connectivity index (χ3n) is 5.67. The Hall–Kier alpha value is -4.14. The maximum Gasteiger partial charge on any atom is 0.371 e. The molecule has 2 heterocycles. The molecule has 1 N–H and O–H groups in total. The molecule has 3 aromatic carbocycles. The van der Waals surface area contributed by atoms with Crippen LogP contribution in [0.2, 0.25) is 5.15 Å². The maximum atomic E-state index is 13.7. The predicted molar refractivity (Wildman–Crippen MR) is 138 cm³/mol. The van der Waals surface area contributed by atoms with E-state index in [1.165, 1.54) is 28.7 Å². The van der Waals surface area contributed by atoms with Gasteiger partial charge in [-0.15, -0.1) is 0 Å². The van der Waals surface area contributed by atoms with Gasteiger partial charge in [0.25, 0.3) is 10.0 Å². The number of aromatic nitrogens is 1. The molecule has 5 rings (SSSR count). The van der Waals surface area contributed by atoms with E-state index in [0.29, 0.717) is 16.7 Å². The number of pyridine rings is 1. The standard InChI is InChI=1S/C27H19ClN2O5S/c28-26-13-11-23(16-29-26)36(33,34)30(22-10-12-24-21(14-22)15-25(35-24)27(31)32)17-18-6-8-20(9-7-18)19-4-2-1-3-5-19/h1-16H,17H2,(H,31,32). The van der Waals surface area contributed by atoms with Gasteiger partial charge in [0.15, 0.2) is 0 Å². The fraction of sp³-hybridized carbons (Fsp3) is 0.0370. The summed E-state index contributed by atoms with van der Waals surface area (Å²) in [4.78, 5) is 15.2. The van der Waals surface area contributed by atoms with E-state index in [2.05, 4.69) is 4.98 Å². The Bertz CT molecular complexity index is 1650. The van der Waals surface area contributed by atoms with Crippen molar-refractivity contribution >= 4 is 44.3 Å². The van der Waals surface area contributed by atoms with Crippen LogP contribution in [0.1, 0.15) is 16.1 Å². The van der Waals surface area contributed by atoms with E-state index in [4.69, 9.17) is 16.0 Å². The zero-order chi connectivity index (χ0) is 25.3. The van der Waals surface area contributed by atoms with Crippen LogP contribution >= 0.6 is 11.6 Å². The number of carbonyl (C=O) groups is 1. The molecule has 0 aliphatic rings. The molecule has 0 unspecified atom stereocenters. The molecule has 0 amide bonds. The third kappa shape index (κ3) is 4.68. The molecule has 0 atom stereocenters. The number of aromatic carboxylic acids is 1. The molecule has 0 bridgehead atoms. The van der Waals surface area contributed by atoms with Gasteiger partial charge in [-0.3, -0.25) is 4.31 Å². The number of carboxylic acid groups (broad SMARTS) is 1. The minimum Gasteiger partial charge on any atom is -0.475 e. The van der Waals surface area contributed by atoms with Crippen LogP contribution in [0, 0.1) is 0 Å². The fourth-order valence-electron chi connectivity index (χ4n) is 3.85. The third-order valence-corrected chi connectivity index (χ3v) is 7.66. The lowest BCUT2D eigenvalue weighted by Gasteiger charge is -2.25. The van der Waals surface area contributed by atoms with Gasteiger partial charge in [-0.05, 0) is 53.1 Å². The number of halogens is 1. The summed E-state index contributed by atoms with van der Waals surface area (Å²) in [7, 11) is -4.04. The number of fused-ring (bicyclic) bond motifs is 1. The van der Waals surface area contributed by atoms with E-state index < -0.39 is 16.0 Å². The van der Waals surface area contributed by atoms with Gasteiger partial charge in [0, 0.05) is 11.6 Å². The van der Waals surface area contributed by atoms with Crippen molar-refractivity contribution in [1.29, 1.82) is 0 Å². The Kier molecular flexibility index (Phi) is 6.22. The maximum absolute atomic E-state index is 13.7. The summed E-state index contributed by atoms with van der Waals surface area (Å²) < 4.78 is 34.0. The van der Waals surface area contributed by atoms with Gasteiger partial charge >= 0.3 is 5.97 Å². The highest BCUT2D eigenvalue weighted by molar-refractivity contribution is 7.92. The lowest BCUT2D eigenvalue weighted by Crippen LogP contribution is -2.30. The molecule has 5 aromatic rings. The zero-order valence-electron chi connectivity index (χ0n) is 18.7. The van der Waals surface area contributed by atoms with Gasteiger partial charge in [-0.1, -0.05) is 66.2 Å². The quantitative estimate of drug-likeness (QED) is 0.256. The van der Waals surface area contributed by atoms with Crippen molar-refractivity contribution in [3.05, 3.63) is 114 Å². The summed E-state index contributed by atoms with van der Waals surface area (Å²) in [6, 6.07) is 26.4. The number of carboxylic acids is 1. The minimum absolute atomic E-state index is 0.0219. The molecule has 36 heavy (non-hydrogen) atoms. The highest BCUT2D eigenvalue weighted by atomic mass is 35.5. The van der Waals surface area contributed by atoms with Crippen LogP contribution < -0.4 is 4.31 Å². The second-order valence-corrected chi connectivity index (χ2v) is 10.3. The molecular formula is C27H19ClN2O5S. The van der Waals surface area contributed by atoms with Crippen LogP contribution in [0.4, 0.5) is 5.69 Å². The van der Waals surface area contributed by atoms with E-state index in [9.17, 15) is 18.3 Å². The largest absolute Gasteiger partial charge is 0.475 e. The number of benzene rings is 3. The normalized spacial score (nSPS) is 11.5. The van der Waals surface area contributed by atoms with Gasteiger partial charge in [0.1, 0.15) is 15.6 Å². The average molecular weight is 519 g/mol. The summed E-state index contributed by atoms with van der Waals surface area (Å²) in [5.74, 6) is -1.43. The van der Waals surface area contributed by atoms with Crippen LogP contribution in [-0.2, 0) is 16.6 Å². The van der Waals surface area contributed by atoms with Crippen molar-refractivity contribution in [2.24, 2.45) is 0 Å². The van der Waals surface area contributed by atoms with Crippen LogP contribution in [0.25, 0.3) is 22.1 Å². The second kappa shape index (κ2) is 9.49. The van der Waals surface area contributed by atoms with E-state index >= 15 is 0 Å². The lowest BCUT2D eigenvalue weighted by atomic mass is 10.0. The topological polar surface area (TPSA) is 101 Å². The molecule has 0 radical (unpaired) electrons. The number of hydrogen-bond acceptors (Lipinski definition) is 5. The molecular weight excluding hydrogens is 500 g/mol. The van der Waals surface area contributed by atoms with E-state index in [1.54, 1.807) is 18.2 Å². The van der Waals surface area contributed by atoms with Crippen molar-refractivity contribution in [3.63, 3.8) is 0 Å². The summed E-state index contributed by atoms with van der Waals surface area (Å²) in [5, 5.41) is 9.90. The molecule has 180 valence electrons. The van der Waals surface area contributed by atoms with Gasteiger partial charge in [-0.25, -0.2) is 18.2 Å². The van der Waals surface area contributed by atoms with Gasteiger partial charge < -0.3 is 9.52 Å². The fourth-order valence-corrected chi connectivity index (χ4v) is 5.35. The molecule has 2 aromatic heterocycles. The summed E-state index contributed by atoms with van der Waals surface area (Å²) in [6.45, 7) is 0.0369. The number of furan rings is 1. The molecule has 0 saturated carbocycles. The Morgan fingerprint density at radius 3 is 2.31 bits per heavy atom. The minimum atomic E-state index is -4.04. The average Bonchev–Trinajstić information content (AvgIpc) is 3.32. The molecule has 7 nitrogen and oxygen atoms in total. The molecule has 0 spiro atoms. The monoisotopic (exact) mass is 518 g/mol. The first-order valence-corrected chi connectivity index (χ1v) is 12.7. The number of rotatable bonds is 7. The molecule has 0 aliphatic heterocycles. The van der Waals surface area contributed by atoms with Crippen molar-refractivity contribution in [2.75, 3.05) is 4.31 Å². The smallest absolute Gasteiger partial charge is 0.371 e.